The van der Waals surface area contributed by atoms with E-state index in [1.165, 1.54) is 6.42 Å². The molecule has 2 atom stereocenters. The molecule has 0 radical (unpaired) electrons. The van der Waals surface area contributed by atoms with Crippen molar-refractivity contribution < 1.29 is 4.39 Å². The van der Waals surface area contributed by atoms with Crippen LogP contribution in [0.15, 0.2) is 18.2 Å². The van der Waals surface area contributed by atoms with Crippen LogP contribution in [-0.4, -0.2) is 0 Å². The van der Waals surface area contributed by atoms with Crippen molar-refractivity contribution in [3.05, 3.63) is 35.1 Å². The van der Waals surface area contributed by atoms with Gasteiger partial charge in [0.1, 0.15) is 5.82 Å². The normalized spacial score (nSPS) is 28.7. The minimum absolute atomic E-state index is 0.146. The summed E-state index contributed by atoms with van der Waals surface area (Å²) >= 11 is 0. The molecule has 0 bridgehead atoms. The number of hydrogen-bond donors (Lipinski definition) is 1. The highest BCUT2D eigenvalue weighted by molar-refractivity contribution is 5.31. The van der Waals surface area contributed by atoms with Gasteiger partial charge in [-0.15, -0.1) is 0 Å². The lowest BCUT2D eigenvalue weighted by molar-refractivity contribution is 0.180. The number of nitrogens with two attached hydrogens (primary N) is 1. The molecule has 0 saturated heterocycles. The van der Waals surface area contributed by atoms with Crippen LogP contribution < -0.4 is 5.73 Å². The van der Waals surface area contributed by atoms with E-state index in [-0.39, 0.29) is 5.82 Å². The molecule has 1 aromatic carbocycles. The quantitative estimate of drug-likeness (QED) is 0.837. The van der Waals surface area contributed by atoms with Crippen LogP contribution in [0.1, 0.15) is 50.7 Å². The van der Waals surface area contributed by atoms with E-state index < -0.39 is 5.54 Å². The summed E-state index contributed by atoms with van der Waals surface area (Å²) in [7, 11) is 0. The van der Waals surface area contributed by atoms with Gasteiger partial charge in [-0.25, -0.2) is 4.39 Å². The largest absolute Gasteiger partial charge is 0.321 e. The zero-order valence-electron chi connectivity index (χ0n) is 11.7. The maximum absolute atomic E-state index is 14.0. The predicted octanol–water partition coefficient (Wildman–Crippen LogP) is 4.13. The maximum Gasteiger partial charge on any atom is 0.128 e. The summed E-state index contributed by atoms with van der Waals surface area (Å²) in [4.78, 5) is 0. The Morgan fingerprint density at radius 1 is 1.39 bits per heavy atom. The molecule has 18 heavy (non-hydrogen) atoms. The van der Waals surface area contributed by atoms with Crippen LogP contribution in [0.3, 0.4) is 0 Å². The minimum atomic E-state index is -0.469. The number of rotatable bonds is 2. The number of benzene rings is 1. The molecule has 1 aliphatic carbocycles. The smallest absolute Gasteiger partial charge is 0.128 e. The lowest BCUT2D eigenvalue weighted by atomic mass is 9.69. The van der Waals surface area contributed by atoms with Crippen LogP contribution in [0, 0.1) is 24.6 Å². The maximum atomic E-state index is 14.0. The lowest BCUT2D eigenvalue weighted by Gasteiger charge is -2.40. The minimum Gasteiger partial charge on any atom is -0.321 e. The SMILES string of the molecule is Cc1ccc(F)c(C2(N)CCCC(C(C)C)C2)c1. The molecule has 1 fully saturated rings. The van der Waals surface area contributed by atoms with Crippen molar-refractivity contribution in [2.75, 3.05) is 0 Å². The summed E-state index contributed by atoms with van der Waals surface area (Å²) in [6, 6.07) is 5.29. The third-order valence-electron chi connectivity index (χ3n) is 4.43. The molecule has 0 heterocycles. The van der Waals surface area contributed by atoms with E-state index in [0.717, 1.165) is 24.8 Å². The van der Waals surface area contributed by atoms with Crippen molar-refractivity contribution in [2.24, 2.45) is 17.6 Å². The summed E-state index contributed by atoms with van der Waals surface area (Å²) in [6.45, 7) is 6.47. The van der Waals surface area contributed by atoms with Crippen molar-refractivity contribution in [2.45, 2.75) is 52.0 Å². The van der Waals surface area contributed by atoms with Gasteiger partial charge in [-0.3, -0.25) is 0 Å². The first-order valence-electron chi connectivity index (χ1n) is 6.98. The Morgan fingerprint density at radius 3 is 2.78 bits per heavy atom. The van der Waals surface area contributed by atoms with Gasteiger partial charge in [0.25, 0.3) is 0 Å². The van der Waals surface area contributed by atoms with E-state index in [4.69, 9.17) is 5.73 Å². The Hall–Kier alpha value is -0.890. The van der Waals surface area contributed by atoms with E-state index in [0.29, 0.717) is 17.4 Å². The van der Waals surface area contributed by atoms with Gasteiger partial charge < -0.3 is 5.73 Å². The Bertz CT molecular complexity index is 427. The van der Waals surface area contributed by atoms with Crippen LogP contribution in [0.4, 0.5) is 4.39 Å². The van der Waals surface area contributed by atoms with Crippen molar-refractivity contribution in [1.82, 2.24) is 0 Å². The number of hydrogen-bond acceptors (Lipinski definition) is 1. The molecule has 0 aliphatic heterocycles. The third-order valence-corrected chi connectivity index (χ3v) is 4.43. The van der Waals surface area contributed by atoms with E-state index >= 15 is 0 Å². The Balaban J connectivity index is 2.32. The van der Waals surface area contributed by atoms with Crippen LogP contribution in [0.25, 0.3) is 0 Å². The standard InChI is InChI=1S/C16H24FN/c1-11(2)13-5-4-8-16(18,10-13)14-9-12(3)6-7-15(14)17/h6-7,9,11,13H,4-5,8,10,18H2,1-3H3. The first kappa shape index (κ1) is 13.5. The second-order valence-electron chi connectivity index (χ2n) is 6.24. The van der Waals surface area contributed by atoms with Gasteiger partial charge in [0.05, 0.1) is 0 Å². The third kappa shape index (κ3) is 2.59. The van der Waals surface area contributed by atoms with E-state index in [1.807, 2.05) is 19.1 Å². The summed E-state index contributed by atoms with van der Waals surface area (Å²) in [5.41, 5.74) is 7.87. The number of halogens is 1. The first-order chi connectivity index (χ1) is 8.42. The summed E-state index contributed by atoms with van der Waals surface area (Å²) in [6.07, 6.45) is 4.14. The van der Waals surface area contributed by atoms with E-state index in [9.17, 15) is 4.39 Å². The van der Waals surface area contributed by atoms with Gasteiger partial charge in [0.2, 0.25) is 0 Å². The van der Waals surface area contributed by atoms with Crippen LogP contribution in [-0.2, 0) is 5.54 Å². The zero-order valence-corrected chi connectivity index (χ0v) is 11.7. The highest BCUT2D eigenvalue weighted by atomic mass is 19.1. The predicted molar refractivity (Wildman–Crippen MR) is 73.8 cm³/mol. The lowest BCUT2D eigenvalue weighted by Crippen LogP contribution is -2.43. The van der Waals surface area contributed by atoms with Crippen LogP contribution in [0.2, 0.25) is 0 Å². The second-order valence-corrected chi connectivity index (χ2v) is 6.24. The summed E-state index contributed by atoms with van der Waals surface area (Å²) < 4.78 is 14.0. The summed E-state index contributed by atoms with van der Waals surface area (Å²) in [5.74, 6) is 1.09. The van der Waals surface area contributed by atoms with Crippen molar-refractivity contribution in [3.8, 4) is 0 Å². The molecule has 2 rings (SSSR count). The van der Waals surface area contributed by atoms with Gasteiger partial charge in [-0.1, -0.05) is 44.4 Å². The van der Waals surface area contributed by atoms with Crippen LogP contribution >= 0.6 is 0 Å². The number of aryl methyl sites for hydroxylation is 1. The van der Waals surface area contributed by atoms with Crippen molar-refractivity contribution in [3.63, 3.8) is 0 Å². The molecule has 1 aromatic rings. The highest BCUT2D eigenvalue weighted by Crippen LogP contribution is 2.41. The van der Waals surface area contributed by atoms with Gasteiger partial charge >= 0.3 is 0 Å². The molecule has 1 nitrogen and oxygen atoms in total. The van der Waals surface area contributed by atoms with E-state index in [1.54, 1.807) is 6.07 Å². The van der Waals surface area contributed by atoms with E-state index in [2.05, 4.69) is 13.8 Å². The molecule has 2 heteroatoms. The van der Waals surface area contributed by atoms with Crippen molar-refractivity contribution >= 4 is 0 Å². The Kier molecular flexibility index (Phi) is 3.76. The fourth-order valence-corrected chi connectivity index (χ4v) is 3.19. The molecular formula is C16H24FN. The molecule has 1 aliphatic rings. The van der Waals surface area contributed by atoms with Gasteiger partial charge in [-0.2, -0.15) is 0 Å². The molecular weight excluding hydrogens is 225 g/mol. The first-order valence-corrected chi connectivity index (χ1v) is 6.98. The fraction of sp³-hybridized carbons (Fsp3) is 0.625. The average Bonchev–Trinajstić information content (AvgIpc) is 2.32. The van der Waals surface area contributed by atoms with Crippen molar-refractivity contribution in [1.29, 1.82) is 0 Å². The Labute approximate surface area is 110 Å². The zero-order chi connectivity index (χ0) is 13.3. The molecule has 2 unspecified atom stereocenters. The molecule has 0 spiro atoms. The van der Waals surface area contributed by atoms with Gasteiger partial charge in [0, 0.05) is 11.1 Å². The topological polar surface area (TPSA) is 26.0 Å². The second kappa shape index (κ2) is 5.00. The highest BCUT2D eigenvalue weighted by Gasteiger charge is 2.37. The molecule has 1 saturated carbocycles. The van der Waals surface area contributed by atoms with Crippen LogP contribution in [0.5, 0.6) is 0 Å². The summed E-state index contributed by atoms with van der Waals surface area (Å²) in [5, 5.41) is 0. The molecule has 2 N–H and O–H groups in total. The molecule has 0 aromatic heterocycles. The monoisotopic (exact) mass is 249 g/mol. The Morgan fingerprint density at radius 2 is 2.11 bits per heavy atom. The molecule has 100 valence electrons. The fourth-order valence-electron chi connectivity index (χ4n) is 3.19. The van der Waals surface area contributed by atoms with Gasteiger partial charge in [0.15, 0.2) is 0 Å². The molecule has 0 amide bonds. The average molecular weight is 249 g/mol. The van der Waals surface area contributed by atoms with Gasteiger partial charge in [-0.05, 0) is 37.7 Å².